The summed E-state index contributed by atoms with van der Waals surface area (Å²) in [4.78, 5) is 12.1. The molecule has 2 aromatic carbocycles. The van der Waals surface area contributed by atoms with Gasteiger partial charge in [-0.1, -0.05) is 55.8 Å². The monoisotopic (exact) mass is 312 g/mol. The number of anilines is 1. The lowest BCUT2D eigenvalue weighted by atomic mass is 10.1. The zero-order chi connectivity index (χ0) is 16.7. The van der Waals surface area contributed by atoms with Crippen molar-refractivity contribution in [3.05, 3.63) is 59.7 Å². The third kappa shape index (κ3) is 5.66. The van der Waals surface area contributed by atoms with E-state index in [-0.39, 0.29) is 6.03 Å². The molecular formula is C19H24N2O2. The summed E-state index contributed by atoms with van der Waals surface area (Å²) in [5.41, 5.74) is 2.93. The molecule has 0 saturated heterocycles. The second-order valence-electron chi connectivity index (χ2n) is 6.00. The molecular weight excluding hydrogens is 288 g/mol. The van der Waals surface area contributed by atoms with Gasteiger partial charge in [-0.3, -0.25) is 0 Å². The van der Waals surface area contributed by atoms with Crippen LogP contribution in [-0.4, -0.2) is 12.6 Å². The first kappa shape index (κ1) is 16.9. The summed E-state index contributed by atoms with van der Waals surface area (Å²) in [7, 11) is 0. The quantitative estimate of drug-likeness (QED) is 0.833. The van der Waals surface area contributed by atoms with E-state index in [0.717, 1.165) is 5.56 Å². The van der Waals surface area contributed by atoms with E-state index in [1.807, 2.05) is 49.4 Å². The topological polar surface area (TPSA) is 50.4 Å². The molecule has 0 aromatic heterocycles. The Labute approximate surface area is 137 Å². The Kier molecular flexibility index (Phi) is 6.03. The van der Waals surface area contributed by atoms with Crippen LogP contribution >= 0.6 is 0 Å². The lowest BCUT2D eigenvalue weighted by Gasteiger charge is -2.14. The van der Waals surface area contributed by atoms with Crippen molar-refractivity contribution < 1.29 is 9.53 Å². The number of para-hydroxylation sites is 2. The van der Waals surface area contributed by atoms with Crippen molar-refractivity contribution in [2.75, 3.05) is 11.9 Å². The Balaban J connectivity index is 1.92. The molecule has 0 heterocycles. The largest absolute Gasteiger partial charge is 0.491 e. The molecule has 0 aliphatic rings. The summed E-state index contributed by atoms with van der Waals surface area (Å²) in [5.74, 6) is 1.12. The van der Waals surface area contributed by atoms with Crippen LogP contribution in [0.15, 0.2) is 48.5 Å². The van der Waals surface area contributed by atoms with Crippen molar-refractivity contribution in [3.8, 4) is 5.75 Å². The molecule has 0 saturated carbocycles. The molecule has 0 unspecified atom stereocenters. The number of hydrogen-bond acceptors (Lipinski definition) is 2. The molecule has 4 heteroatoms. The predicted octanol–water partition coefficient (Wildman–Crippen LogP) is 4.35. The molecule has 2 N–H and O–H groups in total. The number of urea groups is 1. The van der Waals surface area contributed by atoms with E-state index in [1.165, 1.54) is 5.56 Å². The van der Waals surface area contributed by atoms with Gasteiger partial charge < -0.3 is 15.4 Å². The first-order valence-electron chi connectivity index (χ1n) is 7.87. The fourth-order valence-electron chi connectivity index (χ4n) is 2.12. The molecule has 2 amide bonds. The molecule has 0 atom stereocenters. The van der Waals surface area contributed by atoms with Gasteiger partial charge >= 0.3 is 6.03 Å². The Morgan fingerprint density at radius 1 is 1.13 bits per heavy atom. The molecule has 0 fully saturated rings. The van der Waals surface area contributed by atoms with Crippen molar-refractivity contribution in [2.45, 2.75) is 27.3 Å². The number of nitrogens with one attached hydrogen (secondary N) is 2. The predicted molar refractivity (Wildman–Crippen MR) is 93.8 cm³/mol. The summed E-state index contributed by atoms with van der Waals surface area (Å²) in [6, 6.07) is 15.3. The van der Waals surface area contributed by atoms with Crippen LogP contribution in [0.1, 0.15) is 25.0 Å². The van der Waals surface area contributed by atoms with Crippen molar-refractivity contribution in [1.29, 1.82) is 0 Å². The molecule has 122 valence electrons. The zero-order valence-electron chi connectivity index (χ0n) is 13.9. The molecule has 0 aliphatic heterocycles. The highest BCUT2D eigenvalue weighted by molar-refractivity contribution is 5.90. The van der Waals surface area contributed by atoms with Gasteiger partial charge in [0.2, 0.25) is 0 Å². The minimum atomic E-state index is -0.243. The van der Waals surface area contributed by atoms with E-state index in [9.17, 15) is 4.79 Å². The highest BCUT2D eigenvalue weighted by atomic mass is 16.5. The fraction of sp³-hybridized carbons (Fsp3) is 0.316. The van der Waals surface area contributed by atoms with Crippen LogP contribution in [0, 0.1) is 12.8 Å². The summed E-state index contributed by atoms with van der Waals surface area (Å²) >= 11 is 0. The van der Waals surface area contributed by atoms with Gasteiger partial charge in [0, 0.05) is 6.54 Å². The summed E-state index contributed by atoms with van der Waals surface area (Å²) < 4.78 is 5.74. The number of carbonyl (C=O) groups excluding carboxylic acids is 1. The standard InChI is InChI=1S/C19H24N2O2/c1-14(2)13-23-18-10-5-4-9-17(18)21-19(22)20-12-16-8-6-7-15(3)11-16/h4-11,14H,12-13H2,1-3H3,(H2,20,21,22). The van der Waals surface area contributed by atoms with Gasteiger partial charge in [0.1, 0.15) is 5.75 Å². The molecule has 0 spiro atoms. The lowest BCUT2D eigenvalue weighted by Crippen LogP contribution is -2.28. The summed E-state index contributed by atoms with van der Waals surface area (Å²) in [6.45, 7) is 7.31. The van der Waals surface area contributed by atoms with Crippen LogP contribution in [0.2, 0.25) is 0 Å². The van der Waals surface area contributed by atoms with Gasteiger partial charge in [-0.15, -0.1) is 0 Å². The van der Waals surface area contributed by atoms with E-state index in [4.69, 9.17) is 4.74 Å². The van der Waals surface area contributed by atoms with E-state index in [1.54, 1.807) is 0 Å². The van der Waals surface area contributed by atoms with Crippen molar-refractivity contribution >= 4 is 11.7 Å². The molecule has 2 rings (SSSR count). The molecule has 0 bridgehead atoms. The maximum atomic E-state index is 12.1. The van der Waals surface area contributed by atoms with E-state index in [0.29, 0.717) is 30.5 Å². The van der Waals surface area contributed by atoms with Crippen molar-refractivity contribution in [3.63, 3.8) is 0 Å². The van der Waals surface area contributed by atoms with Crippen LogP contribution in [-0.2, 0) is 6.54 Å². The van der Waals surface area contributed by atoms with Crippen LogP contribution in [0.3, 0.4) is 0 Å². The smallest absolute Gasteiger partial charge is 0.319 e. The second-order valence-corrected chi connectivity index (χ2v) is 6.00. The average Bonchev–Trinajstić information content (AvgIpc) is 2.52. The highest BCUT2D eigenvalue weighted by Crippen LogP contribution is 2.24. The second kappa shape index (κ2) is 8.22. The summed E-state index contributed by atoms with van der Waals surface area (Å²) in [6.07, 6.45) is 0. The first-order valence-corrected chi connectivity index (χ1v) is 7.87. The van der Waals surface area contributed by atoms with Gasteiger partial charge in [-0.25, -0.2) is 4.79 Å². The highest BCUT2D eigenvalue weighted by Gasteiger charge is 2.08. The maximum Gasteiger partial charge on any atom is 0.319 e. The first-order chi connectivity index (χ1) is 11.0. The van der Waals surface area contributed by atoms with Crippen molar-refractivity contribution in [1.82, 2.24) is 5.32 Å². The molecule has 2 aromatic rings. The van der Waals surface area contributed by atoms with E-state index >= 15 is 0 Å². The number of hydrogen-bond donors (Lipinski definition) is 2. The third-order valence-electron chi connectivity index (χ3n) is 3.24. The Morgan fingerprint density at radius 3 is 2.65 bits per heavy atom. The Hall–Kier alpha value is -2.49. The van der Waals surface area contributed by atoms with Gasteiger partial charge in [-0.2, -0.15) is 0 Å². The molecule has 23 heavy (non-hydrogen) atoms. The Bertz CT molecular complexity index is 653. The number of carbonyl (C=O) groups is 1. The molecule has 0 aliphatic carbocycles. The van der Waals surface area contributed by atoms with Gasteiger partial charge in [0.25, 0.3) is 0 Å². The number of ether oxygens (including phenoxy) is 1. The molecule has 0 radical (unpaired) electrons. The van der Waals surface area contributed by atoms with Crippen molar-refractivity contribution in [2.24, 2.45) is 5.92 Å². The minimum absolute atomic E-state index is 0.243. The zero-order valence-corrected chi connectivity index (χ0v) is 13.9. The normalized spacial score (nSPS) is 10.4. The fourth-order valence-corrected chi connectivity index (χ4v) is 2.12. The number of aryl methyl sites for hydroxylation is 1. The van der Waals surface area contributed by atoms with Crippen LogP contribution in [0.25, 0.3) is 0 Å². The Morgan fingerprint density at radius 2 is 1.91 bits per heavy atom. The van der Waals surface area contributed by atoms with Crippen LogP contribution in [0.4, 0.5) is 10.5 Å². The number of rotatable bonds is 6. The van der Waals surface area contributed by atoms with Gasteiger partial charge in [0.15, 0.2) is 0 Å². The summed E-state index contributed by atoms with van der Waals surface area (Å²) in [5, 5.41) is 5.71. The maximum absolute atomic E-state index is 12.1. The minimum Gasteiger partial charge on any atom is -0.491 e. The average molecular weight is 312 g/mol. The van der Waals surface area contributed by atoms with Crippen LogP contribution in [0.5, 0.6) is 5.75 Å². The SMILES string of the molecule is Cc1cccc(CNC(=O)Nc2ccccc2OCC(C)C)c1. The number of benzene rings is 2. The number of amides is 2. The van der Waals surface area contributed by atoms with Gasteiger partial charge in [-0.05, 0) is 30.5 Å². The third-order valence-corrected chi connectivity index (χ3v) is 3.24. The van der Waals surface area contributed by atoms with Gasteiger partial charge in [0.05, 0.1) is 12.3 Å². The molecule has 4 nitrogen and oxygen atoms in total. The van der Waals surface area contributed by atoms with Crippen LogP contribution < -0.4 is 15.4 Å². The lowest BCUT2D eigenvalue weighted by molar-refractivity contribution is 0.251. The van der Waals surface area contributed by atoms with E-state index in [2.05, 4.69) is 30.5 Å². The van der Waals surface area contributed by atoms with E-state index < -0.39 is 0 Å².